The number of carbonyl (C=O) groups excluding carboxylic acids is 3. The molecule has 1 heterocycles. The van der Waals surface area contributed by atoms with Gasteiger partial charge in [0.1, 0.15) is 6.61 Å². The van der Waals surface area contributed by atoms with Crippen molar-refractivity contribution in [3.63, 3.8) is 0 Å². The highest BCUT2D eigenvalue weighted by Crippen LogP contribution is 2.01. The number of nitrogens with zero attached hydrogens (tertiary/aromatic N) is 1. The Bertz CT molecular complexity index is 320. The van der Waals surface area contributed by atoms with Crippen molar-refractivity contribution >= 4 is 17.7 Å². The van der Waals surface area contributed by atoms with Crippen LogP contribution in [0.25, 0.3) is 0 Å². The van der Waals surface area contributed by atoms with Gasteiger partial charge in [-0.1, -0.05) is 6.92 Å². The van der Waals surface area contributed by atoms with Crippen LogP contribution in [-0.2, 0) is 19.1 Å². The molecule has 0 aliphatic carbocycles. The third-order valence-corrected chi connectivity index (χ3v) is 2.14. The molecular weight excluding hydrogens is 224 g/mol. The maximum absolute atomic E-state index is 11.2. The summed E-state index contributed by atoms with van der Waals surface area (Å²) in [5.41, 5.74) is 0. The van der Waals surface area contributed by atoms with Gasteiger partial charge in [-0.3, -0.25) is 19.3 Å². The number of ether oxygens (including phenoxy) is 1. The van der Waals surface area contributed by atoms with E-state index >= 15 is 0 Å². The van der Waals surface area contributed by atoms with Crippen LogP contribution in [0.3, 0.4) is 0 Å². The maximum Gasteiger partial charge on any atom is 0.253 e. The lowest BCUT2D eigenvalue weighted by Crippen LogP contribution is -2.39. The van der Waals surface area contributed by atoms with Crippen molar-refractivity contribution in [3.05, 3.63) is 12.2 Å². The zero-order valence-electron chi connectivity index (χ0n) is 9.77. The summed E-state index contributed by atoms with van der Waals surface area (Å²) in [4.78, 5) is 34.6. The molecule has 0 radical (unpaired) electrons. The Kier molecular flexibility index (Phi) is 5.35. The lowest BCUT2D eigenvalue weighted by molar-refractivity contribution is -0.137. The molecule has 0 fully saturated rings. The average molecular weight is 240 g/mol. The molecule has 1 rings (SSSR count). The lowest BCUT2D eigenvalue weighted by Gasteiger charge is -2.13. The second-order valence-electron chi connectivity index (χ2n) is 3.56. The molecule has 0 aromatic rings. The molecule has 17 heavy (non-hydrogen) atoms. The first-order valence-electron chi connectivity index (χ1n) is 5.53. The Hall–Kier alpha value is -1.69. The Balaban J connectivity index is 2.13. The molecular formula is C11H16N2O4. The summed E-state index contributed by atoms with van der Waals surface area (Å²) in [6.45, 7) is 2.93. The van der Waals surface area contributed by atoms with Crippen LogP contribution in [0.1, 0.15) is 13.3 Å². The fraction of sp³-hybridized carbons (Fsp3) is 0.545. The van der Waals surface area contributed by atoms with Crippen LogP contribution >= 0.6 is 0 Å². The van der Waals surface area contributed by atoms with E-state index in [1.165, 1.54) is 12.2 Å². The van der Waals surface area contributed by atoms with E-state index in [9.17, 15) is 14.4 Å². The minimum Gasteiger partial charge on any atom is -0.372 e. The summed E-state index contributed by atoms with van der Waals surface area (Å²) in [7, 11) is 0. The van der Waals surface area contributed by atoms with E-state index < -0.39 is 0 Å². The van der Waals surface area contributed by atoms with Crippen molar-refractivity contribution in [1.29, 1.82) is 0 Å². The molecule has 0 spiro atoms. The predicted molar refractivity (Wildman–Crippen MR) is 60.0 cm³/mol. The topological polar surface area (TPSA) is 75.7 Å². The number of rotatable bonds is 7. The highest BCUT2D eigenvalue weighted by molar-refractivity contribution is 6.12. The van der Waals surface area contributed by atoms with Crippen molar-refractivity contribution in [2.45, 2.75) is 13.3 Å². The van der Waals surface area contributed by atoms with Gasteiger partial charge in [-0.15, -0.1) is 0 Å². The van der Waals surface area contributed by atoms with Crippen molar-refractivity contribution in [2.24, 2.45) is 0 Å². The number of nitrogens with one attached hydrogen (secondary N) is 1. The number of carbonyl (C=O) groups is 3. The molecule has 6 heteroatoms. The normalized spacial score (nSPS) is 14.5. The summed E-state index contributed by atoms with van der Waals surface area (Å²) in [5, 5.41) is 2.57. The SMILES string of the molecule is CCCOCC(=O)NCCN1C(=O)C=CC1=O. The first kappa shape index (κ1) is 13.4. The first-order valence-corrected chi connectivity index (χ1v) is 5.53. The van der Waals surface area contributed by atoms with Gasteiger partial charge in [0.2, 0.25) is 5.91 Å². The first-order chi connectivity index (χ1) is 8.15. The van der Waals surface area contributed by atoms with Crippen LogP contribution < -0.4 is 5.32 Å². The Morgan fingerprint density at radius 3 is 2.59 bits per heavy atom. The Labute approximate surface area is 99.6 Å². The molecule has 0 aromatic carbocycles. The van der Waals surface area contributed by atoms with Gasteiger partial charge in [0.15, 0.2) is 0 Å². The van der Waals surface area contributed by atoms with Crippen molar-refractivity contribution < 1.29 is 19.1 Å². The molecule has 1 N–H and O–H groups in total. The van der Waals surface area contributed by atoms with Gasteiger partial charge in [-0.05, 0) is 6.42 Å². The fourth-order valence-corrected chi connectivity index (χ4v) is 1.32. The molecule has 0 bridgehead atoms. The van der Waals surface area contributed by atoms with Gasteiger partial charge in [0, 0.05) is 31.8 Å². The third kappa shape index (κ3) is 4.36. The molecule has 0 saturated carbocycles. The van der Waals surface area contributed by atoms with Crippen LogP contribution in [0.5, 0.6) is 0 Å². The van der Waals surface area contributed by atoms with Crippen molar-refractivity contribution in [1.82, 2.24) is 10.2 Å². The summed E-state index contributed by atoms with van der Waals surface area (Å²) < 4.78 is 5.04. The van der Waals surface area contributed by atoms with Gasteiger partial charge < -0.3 is 10.1 Å². The zero-order chi connectivity index (χ0) is 12.7. The lowest BCUT2D eigenvalue weighted by atomic mass is 10.5. The highest BCUT2D eigenvalue weighted by Gasteiger charge is 2.22. The quantitative estimate of drug-likeness (QED) is 0.479. The second-order valence-corrected chi connectivity index (χ2v) is 3.56. The summed E-state index contributed by atoms with van der Waals surface area (Å²) in [6, 6.07) is 0. The van der Waals surface area contributed by atoms with E-state index in [-0.39, 0.29) is 37.4 Å². The monoisotopic (exact) mass is 240 g/mol. The molecule has 0 unspecified atom stereocenters. The zero-order valence-corrected chi connectivity index (χ0v) is 9.77. The molecule has 0 saturated heterocycles. The van der Waals surface area contributed by atoms with Crippen LogP contribution in [-0.4, -0.2) is 48.9 Å². The van der Waals surface area contributed by atoms with Gasteiger partial charge in [0.05, 0.1) is 0 Å². The van der Waals surface area contributed by atoms with Crippen molar-refractivity contribution in [3.8, 4) is 0 Å². The Morgan fingerprint density at radius 2 is 2.00 bits per heavy atom. The van der Waals surface area contributed by atoms with E-state index in [1.807, 2.05) is 6.92 Å². The maximum atomic E-state index is 11.2. The fourth-order valence-electron chi connectivity index (χ4n) is 1.32. The summed E-state index contributed by atoms with van der Waals surface area (Å²) >= 11 is 0. The molecule has 6 nitrogen and oxygen atoms in total. The van der Waals surface area contributed by atoms with E-state index in [2.05, 4.69) is 5.32 Å². The predicted octanol–water partition coefficient (Wildman–Crippen LogP) is -0.546. The average Bonchev–Trinajstić information content (AvgIpc) is 2.61. The minimum absolute atomic E-state index is 0.00792. The molecule has 1 aliphatic heterocycles. The number of hydrogen-bond acceptors (Lipinski definition) is 4. The Morgan fingerprint density at radius 1 is 1.35 bits per heavy atom. The van der Waals surface area contributed by atoms with Crippen LogP contribution in [0, 0.1) is 0 Å². The number of imide groups is 1. The van der Waals surface area contributed by atoms with E-state index in [1.54, 1.807) is 0 Å². The van der Waals surface area contributed by atoms with E-state index in [4.69, 9.17) is 4.74 Å². The van der Waals surface area contributed by atoms with Crippen LogP contribution in [0.15, 0.2) is 12.2 Å². The van der Waals surface area contributed by atoms with Crippen LogP contribution in [0.4, 0.5) is 0 Å². The number of amides is 3. The van der Waals surface area contributed by atoms with Gasteiger partial charge in [0.25, 0.3) is 11.8 Å². The van der Waals surface area contributed by atoms with Gasteiger partial charge in [-0.2, -0.15) is 0 Å². The molecule has 1 aliphatic rings. The molecule has 0 atom stereocenters. The summed E-state index contributed by atoms with van der Waals surface area (Å²) in [6.07, 6.45) is 3.29. The molecule has 3 amide bonds. The summed E-state index contributed by atoms with van der Waals surface area (Å²) in [5.74, 6) is -0.927. The van der Waals surface area contributed by atoms with Gasteiger partial charge in [-0.25, -0.2) is 0 Å². The van der Waals surface area contributed by atoms with E-state index in [0.717, 1.165) is 11.3 Å². The third-order valence-electron chi connectivity index (χ3n) is 2.14. The standard InChI is InChI=1S/C11H16N2O4/c1-2-7-17-8-9(14)12-5-6-13-10(15)3-4-11(13)16/h3-4H,2,5-8H2,1H3,(H,12,14). The van der Waals surface area contributed by atoms with Gasteiger partial charge >= 0.3 is 0 Å². The second kappa shape index (κ2) is 6.80. The number of hydrogen-bond donors (Lipinski definition) is 1. The largest absolute Gasteiger partial charge is 0.372 e. The minimum atomic E-state index is -0.341. The molecule has 0 aromatic heterocycles. The van der Waals surface area contributed by atoms with Crippen molar-refractivity contribution in [2.75, 3.05) is 26.3 Å². The van der Waals surface area contributed by atoms with Crippen LogP contribution in [0.2, 0.25) is 0 Å². The van der Waals surface area contributed by atoms with E-state index in [0.29, 0.717) is 6.61 Å². The smallest absolute Gasteiger partial charge is 0.253 e. The molecule has 94 valence electrons. The highest BCUT2D eigenvalue weighted by atomic mass is 16.5.